The second-order valence-corrected chi connectivity index (χ2v) is 6.46. The van der Waals surface area contributed by atoms with E-state index >= 15 is 0 Å². The highest BCUT2D eigenvalue weighted by atomic mass is 32.2. The van der Waals surface area contributed by atoms with E-state index in [-0.39, 0.29) is 0 Å². The van der Waals surface area contributed by atoms with Crippen LogP contribution < -0.4 is 10.1 Å². The first-order chi connectivity index (χ1) is 11.7. The van der Waals surface area contributed by atoms with Crippen molar-refractivity contribution in [2.75, 3.05) is 12.0 Å². The lowest BCUT2D eigenvalue weighted by atomic mass is 10.1. The molecule has 2 N–H and O–H groups in total. The molecular formula is C19H23NO3S. The number of rotatable bonds is 10. The average molecular weight is 345 g/mol. The standard InChI is InChI=1S/C19H23NO3S/c1-24-12-11-18(19(21)22)20-13-15-7-9-17(10-8-15)23-14-16-5-3-2-4-6-16/h2-10,18,20H,11-14H2,1H3,(H,21,22). The van der Waals surface area contributed by atoms with Crippen molar-refractivity contribution in [1.29, 1.82) is 0 Å². The van der Waals surface area contributed by atoms with Crippen LogP contribution >= 0.6 is 11.8 Å². The van der Waals surface area contributed by atoms with E-state index in [0.717, 1.165) is 22.6 Å². The van der Waals surface area contributed by atoms with Crippen molar-refractivity contribution in [3.63, 3.8) is 0 Å². The van der Waals surface area contributed by atoms with Gasteiger partial charge in [0.05, 0.1) is 0 Å². The normalized spacial score (nSPS) is 11.9. The van der Waals surface area contributed by atoms with Gasteiger partial charge in [-0.05, 0) is 41.7 Å². The zero-order valence-corrected chi connectivity index (χ0v) is 14.6. The van der Waals surface area contributed by atoms with Gasteiger partial charge in [-0.1, -0.05) is 42.5 Å². The molecule has 0 spiro atoms. The fourth-order valence-electron chi connectivity index (χ4n) is 2.23. The second kappa shape index (κ2) is 10.0. The predicted octanol–water partition coefficient (Wildman–Crippen LogP) is 3.56. The van der Waals surface area contributed by atoms with Crippen molar-refractivity contribution < 1.29 is 14.6 Å². The van der Waals surface area contributed by atoms with Gasteiger partial charge in [0.2, 0.25) is 0 Å². The lowest BCUT2D eigenvalue weighted by Gasteiger charge is -2.14. The SMILES string of the molecule is CSCCC(NCc1ccc(OCc2ccccc2)cc1)C(=O)O. The van der Waals surface area contributed by atoms with Crippen molar-refractivity contribution in [2.45, 2.75) is 25.6 Å². The lowest BCUT2D eigenvalue weighted by molar-refractivity contribution is -0.139. The predicted molar refractivity (Wildman–Crippen MR) is 98.5 cm³/mol. The molecule has 0 saturated carbocycles. The minimum absolute atomic E-state index is 0.508. The molecule has 0 bridgehead atoms. The summed E-state index contributed by atoms with van der Waals surface area (Å²) in [5.74, 6) is 0.836. The minimum Gasteiger partial charge on any atom is -0.489 e. The fraction of sp³-hybridized carbons (Fsp3) is 0.316. The Morgan fingerprint density at radius 2 is 1.83 bits per heavy atom. The van der Waals surface area contributed by atoms with E-state index < -0.39 is 12.0 Å². The number of thioether (sulfide) groups is 1. The topological polar surface area (TPSA) is 58.6 Å². The molecule has 0 fully saturated rings. The molecule has 1 atom stereocenters. The zero-order valence-electron chi connectivity index (χ0n) is 13.8. The van der Waals surface area contributed by atoms with Gasteiger partial charge >= 0.3 is 5.97 Å². The Labute approximate surface area is 147 Å². The minimum atomic E-state index is -0.799. The summed E-state index contributed by atoms with van der Waals surface area (Å²) in [6.07, 6.45) is 2.60. The van der Waals surface area contributed by atoms with Gasteiger partial charge in [0.25, 0.3) is 0 Å². The Balaban J connectivity index is 1.81. The summed E-state index contributed by atoms with van der Waals surface area (Å²) in [6.45, 7) is 1.07. The first kappa shape index (κ1) is 18.4. The summed E-state index contributed by atoms with van der Waals surface area (Å²) in [5, 5.41) is 12.3. The van der Waals surface area contributed by atoms with E-state index in [0.29, 0.717) is 19.6 Å². The van der Waals surface area contributed by atoms with Gasteiger partial charge in [0.1, 0.15) is 18.4 Å². The fourth-order valence-corrected chi connectivity index (χ4v) is 2.71. The van der Waals surface area contributed by atoms with E-state index in [9.17, 15) is 9.90 Å². The highest BCUT2D eigenvalue weighted by Gasteiger charge is 2.15. The summed E-state index contributed by atoms with van der Waals surface area (Å²) in [4.78, 5) is 11.2. The zero-order chi connectivity index (χ0) is 17.2. The van der Waals surface area contributed by atoms with Crippen LogP contribution in [0.4, 0.5) is 0 Å². The molecule has 0 heterocycles. The summed E-state index contributed by atoms with van der Waals surface area (Å²) in [5.41, 5.74) is 2.17. The van der Waals surface area contributed by atoms with Crippen LogP contribution in [0.15, 0.2) is 54.6 Å². The third-order valence-electron chi connectivity index (χ3n) is 3.63. The molecule has 0 radical (unpaired) electrons. The molecule has 2 rings (SSSR count). The van der Waals surface area contributed by atoms with E-state index in [1.54, 1.807) is 11.8 Å². The molecule has 2 aromatic rings. The molecule has 2 aromatic carbocycles. The summed E-state index contributed by atoms with van der Waals surface area (Å²) in [7, 11) is 0. The number of carboxylic acid groups (broad SMARTS) is 1. The van der Waals surface area contributed by atoms with Crippen LogP contribution in [0, 0.1) is 0 Å². The summed E-state index contributed by atoms with van der Waals surface area (Å²) in [6, 6.07) is 17.3. The van der Waals surface area contributed by atoms with Gasteiger partial charge in [-0.15, -0.1) is 0 Å². The maximum atomic E-state index is 11.2. The molecule has 24 heavy (non-hydrogen) atoms. The number of benzene rings is 2. The number of ether oxygens (including phenoxy) is 1. The molecule has 4 nitrogen and oxygen atoms in total. The van der Waals surface area contributed by atoms with Crippen LogP contribution in [0.2, 0.25) is 0 Å². The smallest absolute Gasteiger partial charge is 0.320 e. The van der Waals surface area contributed by atoms with Gasteiger partial charge in [-0.25, -0.2) is 0 Å². The van der Waals surface area contributed by atoms with Crippen LogP contribution in [0.1, 0.15) is 17.5 Å². The third-order valence-corrected chi connectivity index (χ3v) is 4.28. The van der Waals surface area contributed by atoms with Crippen LogP contribution in [0.25, 0.3) is 0 Å². The largest absolute Gasteiger partial charge is 0.489 e. The molecule has 128 valence electrons. The van der Waals surface area contributed by atoms with Crippen molar-refractivity contribution in [1.82, 2.24) is 5.32 Å². The molecule has 0 aliphatic rings. The Bertz CT molecular complexity index is 616. The Hall–Kier alpha value is -1.98. The van der Waals surface area contributed by atoms with E-state index in [4.69, 9.17) is 4.74 Å². The molecule has 0 amide bonds. The maximum absolute atomic E-state index is 11.2. The lowest BCUT2D eigenvalue weighted by Crippen LogP contribution is -2.36. The van der Waals surface area contributed by atoms with E-state index in [2.05, 4.69) is 5.32 Å². The first-order valence-corrected chi connectivity index (χ1v) is 9.29. The van der Waals surface area contributed by atoms with Crippen molar-refractivity contribution in [3.8, 4) is 5.75 Å². The Morgan fingerprint density at radius 3 is 2.46 bits per heavy atom. The number of nitrogens with one attached hydrogen (secondary N) is 1. The Morgan fingerprint density at radius 1 is 1.12 bits per heavy atom. The number of carbonyl (C=O) groups is 1. The number of aliphatic carboxylic acids is 1. The van der Waals surface area contributed by atoms with Gasteiger partial charge in [-0.3, -0.25) is 4.79 Å². The van der Waals surface area contributed by atoms with E-state index in [1.807, 2.05) is 60.9 Å². The number of hydrogen-bond acceptors (Lipinski definition) is 4. The Kier molecular flexibility index (Phi) is 7.65. The molecule has 0 saturated heterocycles. The van der Waals surface area contributed by atoms with Crippen molar-refractivity contribution in [3.05, 3.63) is 65.7 Å². The second-order valence-electron chi connectivity index (χ2n) is 5.47. The van der Waals surface area contributed by atoms with Crippen LogP contribution in [0.3, 0.4) is 0 Å². The monoisotopic (exact) mass is 345 g/mol. The number of hydrogen-bond donors (Lipinski definition) is 2. The molecule has 1 unspecified atom stereocenters. The van der Waals surface area contributed by atoms with Gasteiger partial charge in [0.15, 0.2) is 0 Å². The van der Waals surface area contributed by atoms with Gasteiger partial charge < -0.3 is 15.2 Å². The third kappa shape index (κ3) is 6.26. The summed E-state index contributed by atoms with van der Waals surface area (Å²) >= 11 is 1.65. The van der Waals surface area contributed by atoms with Gasteiger partial charge in [0, 0.05) is 6.54 Å². The maximum Gasteiger partial charge on any atom is 0.320 e. The molecular weight excluding hydrogens is 322 g/mol. The summed E-state index contributed by atoms with van der Waals surface area (Å²) < 4.78 is 5.75. The first-order valence-electron chi connectivity index (χ1n) is 7.90. The van der Waals surface area contributed by atoms with Crippen LogP contribution in [-0.2, 0) is 17.9 Å². The molecule has 0 aliphatic carbocycles. The average Bonchev–Trinajstić information content (AvgIpc) is 2.61. The van der Waals surface area contributed by atoms with E-state index in [1.165, 1.54) is 0 Å². The van der Waals surface area contributed by atoms with Crippen LogP contribution in [0.5, 0.6) is 5.75 Å². The number of carboxylic acids is 1. The van der Waals surface area contributed by atoms with Crippen molar-refractivity contribution >= 4 is 17.7 Å². The highest BCUT2D eigenvalue weighted by molar-refractivity contribution is 7.98. The quantitative estimate of drug-likeness (QED) is 0.689. The molecule has 0 aliphatic heterocycles. The van der Waals surface area contributed by atoms with Gasteiger partial charge in [-0.2, -0.15) is 11.8 Å². The highest BCUT2D eigenvalue weighted by Crippen LogP contribution is 2.14. The van der Waals surface area contributed by atoms with Crippen molar-refractivity contribution in [2.24, 2.45) is 0 Å². The van der Waals surface area contributed by atoms with Crippen LogP contribution in [-0.4, -0.2) is 29.1 Å². The molecule has 0 aromatic heterocycles. The molecule has 5 heteroatoms.